The van der Waals surface area contributed by atoms with Gasteiger partial charge in [-0.3, -0.25) is 9.69 Å². The molecular formula is C15H23N3O. The number of amides is 1. The molecule has 1 fully saturated rings. The molecule has 0 saturated carbocycles. The Morgan fingerprint density at radius 2 is 2.11 bits per heavy atom. The quantitative estimate of drug-likeness (QED) is 0.831. The summed E-state index contributed by atoms with van der Waals surface area (Å²) in [6.07, 6.45) is 0. The monoisotopic (exact) mass is 261 g/mol. The van der Waals surface area contributed by atoms with E-state index < -0.39 is 0 Å². The van der Waals surface area contributed by atoms with Crippen LogP contribution >= 0.6 is 0 Å². The van der Waals surface area contributed by atoms with Gasteiger partial charge in [-0.2, -0.15) is 0 Å². The number of hydrogen-bond acceptors (Lipinski definition) is 3. The number of piperazine rings is 1. The lowest BCUT2D eigenvalue weighted by Gasteiger charge is -2.32. The zero-order chi connectivity index (χ0) is 13.7. The van der Waals surface area contributed by atoms with Crippen molar-refractivity contribution in [2.45, 2.75) is 13.0 Å². The second kappa shape index (κ2) is 6.68. The average molecular weight is 261 g/mol. The molecule has 1 saturated heterocycles. The molecule has 2 rings (SSSR count). The molecule has 0 bridgehead atoms. The molecule has 0 spiro atoms. The van der Waals surface area contributed by atoms with Gasteiger partial charge in [0.1, 0.15) is 0 Å². The third-order valence-electron chi connectivity index (χ3n) is 3.70. The van der Waals surface area contributed by atoms with E-state index in [2.05, 4.69) is 46.7 Å². The van der Waals surface area contributed by atoms with Gasteiger partial charge in [-0.15, -0.1) is 0 Å². The van der Waals surface area contributed by atoms with Crippen molar-refractivity contribution >= 4 is 5.91 Å². The Morgan fingerprint density at radius 3 is 2.74 bits per heavy atom. The molecule has 1 heterocycles. The van der Waals surface area contributed by atoms with Gasteiger partial charge in [0, 0.05) is 25.7 Å². The first-order chi connectivity index (χ1) is 9.20. The van der Waals surface area contributed by atoms with Crippen LogP contribution in [0.5, 0.6) is 0 Å². The molecule has 19 heavy (non-hydrogen) atoms. The van der Waals surface area contributed by atoms with E-state index >= 15 is 0 Å². The van der Waals surface area contributed by atoms with E-state index in [-0.39, 0.29) is 5.91 Å². The number of rotatable bonds is 5. The Hall–Kier alpha value is -1.39. The molecule has 104 valence electrons. The minimum atomic E-state index is 0.138. The Bertz CT molecular complexity index is 407. The lowest BCUT2D eigenvalue weighted by molar-refractivity contribution is -0.124. The Kier molecular flexibility index (Phi) is 4.93. The molecular weight excluding hydrogens is 238 g/mol. The molecule has 4 heteroatoms. The van der Waals surface area contributed by atoms with Crippen LogP contribution in [0.3, 0.4) is 0 Å². The zero-order valence-corrected chi connectivity index (χ0v) is 11.7. The van der Waals surface area contributed by atoms with Gasteiger partial charge in [-0.25, -0.2) is 0 Å². The second-order valence-electron chi connectivity index (χ2n) is 5.24. The fourth-order valence-corrected chi connectivity index (χ4v) is 2.80. The first-order valence-corrected chi connectivity index (χ1v) is 6.92. The maximum Gasteiger partial charge on any atom is 0.234 e. The lowest BCUT2D eigenvalue weighted by Crippen LogP contribution is -2.49. The number of carbonyl (C=O) groups excluding carboxylic acids is 1. The summed E-state index contributed by atoms with van der Waals surface area (Å²) < 4.78 is 0. The van der Waals surface area contributed by atoms with E-state index in [9.17, 15) is 4.79 Å². The van der Waals surface area contributed by atoms with E-state index in [0.29, 0.717) is 18.5 Å². The molecule has 1 aromatic carbocycles. The first kappa shape index (κ1) is 14.0. The standard InChI is InChI=1S/C15H23N3O/c1-12(10-18-9-8-17-14(19)11-18)15(16-2)13-6-4-3-5-7-13/h3-7,12,15-16H,8-11H2,1-2H3,(H,17,19)/t12-,15+/m0/s1. The second-order valence-corrected chi connectivity index (χ2v) is 5.24. The summed E-state index contributed by atoms with van der Waals surface area (Å²) in [6, 6.07) is 10.8. The summed E-state index contributed by atoms with van der Waals surface area (Å²) in [6.45, 7) is 5.41. The predicted octanol–water partition coefficient (Wildman–Crippen LogP) is 1.01. The summed E-state index contributed by atoms with van der Waals surface area (Å²) in [5.74, 6) is 0.595. The van der Waals surface area contributed by atoms with Gasteiger partial charge in [-0.05, 0) is 18.5 Å². The first-order valence-electron chi connectivity index (χ1n) is 6.92. The Labute approximate surface area is 115 Å². The van der Waals surface area contributed by atoms with Gasteiger partial charge in [0.25, 0.3) is 0 Å². The predicted molar refractivity (Wildman–Crippen MR) is 76.9 cm³/mol. The molecule has 0 aromatic heterocycles. The van der Waals surface area contributed by atoms with E-state index in [1.54, 1.807) is 0 Å². The highest BCUT2D eigenvalue weighted by molar-refractivity contribution is 5.78. The van der Waals surface area contributed by atoms with Crippen LogP contribution in [-0.4, -0.2) is 44.0 Å². The highest BCUT2D eigenvalue weighted by atomic mass is 16.2. The third kappa shape index (κ3) is 3.78. The Balaban J connectivity index is 1.97. The van der Waals surface area contributed by atoms with Crippen molar-refractivity contribution in [2.24, 2.45) is 5.92 Å². The van der Waals surface area contributed by atoms with Gasteiger partial charge in [-0.1, -0.05) is 37.3 Å². The van der Waals surface area contributed by atoms with Crippen molar-refractivity contribution in [3.8, 4) is 0 Å². The molecule has 2 atom stereocenters. The number of carbonyl (C=O) groups is 1. The van der Waals surface area contributed by atoms with Crippen molar-refractivity contribution in [3.05, 3.63) is 35.9 Å². The van der Waals surface area contributed by atoms with Crippen molar-refractivity contribution in [2.75, 3.05) is 33.2 Å². The van der Waals surface area contributed by atoms with Crippen LogP contribution in [-0.2, 0) is 4.79 Å². The molecule has 1 aliphatic heterocycles. The molecule has 2 N–H and O–H groups in total. The smallest absolute Gasteiger partial charge is 0.234 e. The number of hydrogen-bond donors (Lipinski definition) is 2. The summed E-state index contributed by atoms with van der Waals surface area (Å²) in [5.41, 5.74) is 1.30. The highest BCUT2D eigenvalue weighted by Gasteiger charge is 2.23. The van der Waals surface area contributed by atoms with Crippen LogP contribution < -0.4 is 10.6 Å². The fraction of sp³-hybridized carbons (Fsp3) is 0.533. The van der Waals surface area contributed by atoms with Crippen LogP contribution in [0.1, 0.15) is 18.5 Å². The zero-order valence-electron chi connectivity index (χ0n) is 11.7. The van der Waals surface area contributed by atoms with Gasteiger partial charge < -0.3 is 10.6 Å². The third-order valence-corrected chi connectivity index (χ3v) is 3.70. The van der Waals surface area contributed by atoms with Gasteiger partial charge in [0.05, 0.1) is 6.54 Å². The summed E-state index contributed by atoms with van der Waals surface area (Å²) in [7, 11) is 2.00. The number of nitrogens with zero attached hydrogens (tertiary/aromatic N) is 1. The maximum atomic E-state index is 11.4. The van der Waals surface area contributed by atoms with Gasteiger partial charge in [0.15, 0.2) is 0 Å². The maximum absolute atomic E-state index is 11.4. The molecule has 1 aliphatic rings. The van der Waals surface area contributed by atoms with E-state index in [1.807, 2.05) is 13.1 Å². The number of benzene rings is 1. The van der Waals surface area contributed by atoms with E-state index in [1.165, 1.54) is 5.56 Å². The largest absolute Gasteiger partial charge is 0.354 e. The highest BCUT2D eigenvalue weighted by Crippen LogP contribution is 2.22. The van der Waals surface area contributed by atoms with E-state index in [4.69, 9.17) is 0 Å². The molecule has 1 amide bonds. The van der Waals surface area contributed by atoms with Crippen LogP contribution in [0.25, 0.3) is 0 Å². The van der Waals surface area contributed by atoms with Crippen molar-refractivity contribution in [3.63, 3.8) is 0 Å². The summed E-state index contributed by atoms with van der Waals surface area (Å²) in [4.78, 5) is 13.6. The SMILES string of the molecule is CN[C@@H](c1ccccc1)[C@@H](C)CN1CCNC(=O)C1. The lowest BCUT2D eigenvalue weighted by atomic mass is 9.94. The van der Waals surface area contributed by atoms with Crippen molar-refractivity contribution < 1.29 is 4.79 Å². The normalized spacial score (nSPS) is 19.8. The average Bonchev–Trinajstić information content (AvgIpc) is 2.41. The van der Waals surface area contributed by atoms with Crippen LogP contribution in [0, 0.1) is 5.92 Å². The van der Waals surface area contributed by atoms with Crippen LogP contribution in [0.2, 0.25) is 0 Å². The van der Waals surface area contributed by atoms with Crippen LogP contribution in [0.4, 0.5) is 0 Å². The molecule has 4 nitrogen and oxygen atoms in total. The van der Waals surface area contributed by atoms with E-state index in [0.717, 1.165) is 19.6 Å². The minimum absolute atomic E-state index is 0.138. The van der Waals surface area contributed by atoms with Crippen molar-refractivity contribution in [1.82, 2.24) is 15.5 Å². The van der Waals surface area contributed by atoms with Gasteiger partial charge >= 0.3 is 0 Å². The molecule has 0 radical (unpaired) electrons. The van der Waals surface area contributed by atoms with Crippen molar-refractivity contribution in [1.29, 1.82) is 0 Å². The van der Waals surface area contributed by atoms with Crippen LogP contribution in [0.15, 0.2) is 30.3 Å². The van der Waals surface area contributed by atoms with Gasteiger partial charge in [0.2, 0.25) is 5.91 Å². The molecule has 0 unspecified atom stereocenters. The molecule has 1 aromatic rings. The fourth-order valence-electron chi connectivity index (χ4n) is 2.80. The topological polar surface area (TPSA) is 44.4 Å². The Morgan fingerprint density at radius 1 is 1.37 bits per heavy atom. The molecule has 0 aliphatic carbocycles. The summed E-state index contributed by atoms with van der Waals surface area (Å²) in [5, 5.41) is 6.26. The number of nitrogens with one attached hydrogen (secondary N) is 2. The minimum Gasteiger partial charge on any atom is -0.354 e. The summed E-state index contributed by atoms with van der Waals surface area (Å²) >= 11 is 0.